The van der Waals surface area contributed by atoms with Gasteiger partial charge in [0.05, 0.1) is 11.8 Å². The first-order chi connectivity index (χ1) is 9.27. The highest BCUT2D eigenvalue weighted by molar-refractivity contribution is 7.14. The molecule has 0 spiro atoms. The molecule has 19 heavy (non-hydrogen) atoms. The average molecular weight is 272 g/mol. The van der Waals surface area contributed by atoms with E-state index in [1.807, 2.05) is 5.38 Å². The third kappa shape index (κ3) is 1.09. The maximum Gasteiger partial charge on any atom is 0.240 e. The first-order valence-electron chi connectivity index (χ1n) is 6.73. The molecule has 5 heteroatoms. The van der Waals surface area contributed by atoms with Gasteiger partial charge in [0.15, 0.2) is 5.13 Å². The first-order valence-corrected chi connectivity index (χ1v) is 7.61. The topological polar surface area (TPSA) is 50.3 Å². The van der Waals surface area contributed by atoms with Gasteiger partial charge in [-0.1, -0.05) is 12.2 Å². The number of hydrogen-bond acceptors (Lipinski definition) is 4. The molecule has 1 aliphatic heterocycles. The molecule has 2 amide bonds. The molecule has 1 aromatic rings. The molecule has 0 aromatic carbocycles. The second-order valence-corrected chi connectivity index (χ2v) is 6.85. The molecule has 96 valence electrons. The van der Waals surface area contributed by atoms with E-state index in [9.17, 15) is 9.59 Å². The molecule has 5 aliphatic rings. The van der Waals surface area contributed by atoms with Gasteiger partial charge >= 0.3 is 0 Å². The summed E-state index contributed by atoms with van der Waals surface area (Å²) in [6.45, 7) is 0. The fourth-order valence-corrected chi connectivity index (χ4v) is 5.12. The molecule has 2 heterocycles. The van der Waals surface area contributed by atoms with Gasteiger partial charge in [0, 0.05) is 11.6 Å². The van der Waals surface area contributed by atoms with Crippen LogP contribution < -0.4 is 4.90 Å². The molecule has 3 fully saturated rings. The van der Waals surface area contributed by atoms with Crippen molar-refractivity contribution in [3.8, 4) is 0 Å². The molecule has 1 saturated heterocycles. The van der Waals surface area contributed by atoms with Crippen molar-refractivity contribution in [1.82, 2.24) is 4.98 Å². The molecule has 6 atom stereocenters. The largest absolute Gasteiger partial charge is 0.274 e. The van der Waals surface area contributed by atoms with E-state index < -0.39 is 0 Å². The number of imide groups is 1. The van der Waals surface area contributed by atoms with Crippen molar-refractivity contribution in [2.24, 2.45) is 35.5 Å². The minimum Gasteiger partial charge on any atom is -0.274 e. The Hall–Kier alpha value is -1.49. The van der Waals surface area contributed by atoms with Crippen LogP contribution in [0, 0.1) is 35.5 Å². The SMILES string of the molecule is O=C1[C@@H]2[C@H]3C=C[C@@H]([C@@H]4C[C@@H]34)[C@@H]2C(=O)N1c1nccs1. The van der Waals surface area contributed by atoms with Gasteiger partial charge in [-0.3, -0.25) is 9.59 Å². The molecular formula is C14H12N2O2S. The summed E-state index contributed by atoms with van der Waals surface area (Å²) in [6, 6.07) is 0. The van der Waals surface area contributed by atoms with Crippen LogP contribution in [0.2, 0.25) is 0 Å². The first kappa shape index (κ1) is 10.3. The van der Waals surface area contributed by atoms with E-state index in [-0.39, 0.29) is 23.7 Å². The van der Waals surface area contributed by atoms with Crippen LogP contribution in [-0.4, -0.2) is 16.8 Å². The molecule has 2 bridgehead atoms. The van der Waals surface area contributed by atoms with E-state index >= 15 is 0 Å². The summed E-state index contributed by atoms with van der Waals surface area (Å²) in [5.41, 5.74) is 0. The summed E-state index contributed by atoms with van der Waals surface area (Å²) in [7, 11) is 0. The van der Waals surface area contributed by atoms with Gasteiger partial charge in [0.25, 0.3) is 0 Å². The van der Waals surface area contributed by atoms with Gasteiger partial charge in [-0.25, -0.2) is 9.88 Å². The standard InChI is InChI=1S/C14H12N2O2S/c17-12-10-6-1-2-7(9-5-8(6)9)11(10)13(18)16(12)14-15-3-4-19-14/h1-4,6-11H,5H2/t6-,7-,8-,9-,10-,11+/m0/s1. The number of carbonyl (C=O) groups excluding carboxylic acids is 2. The van der Waals surface area contributed by atoms with Crippen LogP contribution in [0.15, 0.2) is 23.7 Å². The summed E-state index contributed by atoms with van der Waals surface area (Å²) in [4.78, 5) is 30.8. The van der Waals surface area contributed by atoms with Crippen LogP contribution in [0.5, 0.6) is 0 Å². The zero-order valence-electron chi connectivity index (χ0n) is 10.1. The summed E-state index contributed by atoms with van der Waals surface area (Å²) < 4.78 is 0. The van der Waals surface area contributed by atoms with Crippen molar-refractivity contribution in [2.75, 3.05) is 4.90 Å². The zero-order chi connectivity index (χ0) is 12.7. The summed E-state index contributed by atoms with van der Waals surface area (Å²) in [6.07, 6.45) is 7.23. The fraction of sp³-hybridized carbons (Fsp3) is 0.500. The van der Waals surface area contributed by atoms with Gasteiger partial charge in [0.1, 0.15) is 0 Å². The molecule has 1 aromatic heterocycles. The lowest BCUT2D eigenvalue weighted by atomic mass is 9.63. The highest BCUT2D eigenvalue weighted by Crippen LogP contribution is 2.65. The van der Waals surface area contributed by atoms with Crippen molar-refractivity contribution < 1.29 is 9.59 Å². The van der Waals surface area contributed by atoms with E-state index in [1.54, 1.807) is 6.20 Å². The highest BCUT2D eigenvalue weighted by Gasteiger charge is 2.67. The van der Waals surface area contributed by atoms with Crippen molar-refractivity contribution >= 4 is 28.3 Å². The van der Waals surface area contributed by atoms with Gasteiger partial charge < -0.3 is 0 Å². The van der Waals surface area contributed by atoms with Crippen molar-refractivity contribution in [1.29, 1.82) is 0 Å². The molecule has 2 saturated carbocycles. The van der Waals surface area contributed by atoms with Crippen molar-refractivity contribution in [3.05, 3.63) is 23.7 Å². The van der Waals surface area contributed by atoms with Crippen LogP contribution in [-0.2, 0) is 9.59 Å². The van der Waals surface area contributed by atoms with E-state index in [2.05, 4.69) is 17.1 Å². The van der Waals surface area contributed by atoms with E-state index in [1.165, 1.54) is 22.7 Å². The normalized spacial score (nSPS) is 45.6. The Morgan fingerprint density at radius 2 is 1.74 bits per heavy atom. The summed E-state index contributed by atoms with van der Waals surface area (Å²) in [5, 5.41) is 2.35. The van der Waals surface area contributed by atoms with E-state index in [4.69, 9.17) is 0 Å². The maximum atomic E-state index is 12.6. The maximum absolute atomic E-state index is 12.6. The Morgan fingerprint density at radius 3 is 2.26 bits per heavy atom. The molecule has 0 N–H and O–H groups in total. The number of anilines is 1. The third-order valence-corrected chi connectivity index (χ3v) is 6.03. The Balaban J connectivity index is 1.62. The number of nitrogens with zero attached hydrogens (tertiary/aromatic N) is 2. The quantitative estimate of drug-likeness (QED) is 0.577. The molecule has 0 unspecified atom stereocenters. The van der Waals surface area contributed by atoms with Crippen LogP contribution in [0.1, 0.15) is 6.42 Å². The number of aromatic nitrogens is 1. The lowest BCUT2D eigenvalue weighted by Crippen LogP contribution is -2.40. The van der Waals surface area contributed by atoms with E-state index in [0.717, 1.165) is 0 Å². The summed E-state index contributed by atoms with van der Waals surface area (Å²) >= 11 is 1.36. The van der Waals surface area contributed by atoms with E-state index in [0.29, 0.717) is 28.8 Å². The Labute approximate surface area is 114 Å². The number of allylic oxidation sites excluding steroid dienone is 2. The number of hydrogen-bond donors (Lipinski definition) is 0. The van der Waals surface area contributed by atoms with Crippen LogP contribution in [0.25, 0.3) is 0 Å². The van der Waals surface area contributed by atoms with Gasteiger partial charge in [0.2, 0.25) is 11.8 Å². The number of amides is 2. The van der Waals surface area contributed by atoms with Crippen molar-refractivity contribution in [3.63, 3.8) is 0 Å². The van der Waals surface area contributed by atoms with Gasteiger partial charge in [-0.15, -0.1) is 11.3 Å². The third-order valence-electron chi connectivity index (χ3n) is 5.27. The number of carbonyl (C=O) groups is 2. The molecule has 0 radical (unpaired) electrons. The minimum absolute atomic E-state index is 0.0188. The molecular weight excluding hydrogens is 260 g/mol. The smallest absolute Gasteiger partial charge is 0.240 e. The number of thiazole rings is 1. The second kappa shape index (κ2) is 3.15. The average Bonchev–Trinajstić information content (AvgIpc) is 3.01. The van der Waals surface area contributed by atoms with Gasteiger partial charge in [-0.05, 0) is 30.1 Å². The number of rotatable bonds is 1. The van der Waals surface area contributed by atoms with Crippen molar-refractivity contribution in [2.45, 2.75) is 6.42 Å². The summed E-state index contributed by atoms with van der Waals surface area (Å²) in [5.74, 6) is 1.63. The predicted octanol–water partition coefficient (Wildman–Crippen LogP) is 1.70. The Bertz CT molecular complexity index is 587. The van der Waals surface area contributed by atoms with Crippen LogP contribution in [0.4, 0.5) is 5.13 Å². The predicted molar refractivity (Wildman–Crippen MR) is 69.3 cm³/mol. The highest BCUT2D eigenvalue weighted by atomic mass is 32.1. The Morgan fingerprint density at radius 1 is 1.11 bits per heavy atom. The van der Waals surface area contributed by atoms with Crippen LogP contribution in [0.3, 0.4) is 0 Å². The molecule has 6 rings (SSSR count). The Kier molecular flexibility index (Phi) is 1.71. The van der Waals surface area contributed by atoms with Crippen LogP contribution >= 0.6 is 11.3 Å². The second-order valence-electron chi connectivity index (χ2n) is 5.98. The minimum atomic E-state index is -0.116. The molecule has 4 nitrogen and oxygen atoms in total. The monoisotopic (exact) mass is 272 g/mol. The van der Waals surface area contributed by atoms with Gasteiger partial charge in [-0.2, -0.15) is 0 Å². The molecule has 4 aliphatic carbocycles. The fourth-order valence-electron chi connectivity index (χ4n) is 4.47. The zero-order valence-corrected chi connectivity index (χ0v) is 10.9. The lowest BCUT2D eigenvalue weighted by Gasteiger charge is -2.37. The lowest BCUT2D eigenvalue weighted by molar-refractivity contribution is -0.124.